The second-order valence-electron chi connectivity index (χ2n) is 9.37. The van der Waals surface area contributed by atoms with Gasteiger partial charge >= 0.3 is 0 Å². The fraction of sp³-hybridized carbons (Fsp3) is 0.407. The lowest BCUT2D eigenvalue weighted by Gasteiger charge is -2.37. The summed E-state index contributed by atoms with van der Waals surface area (Å²) in [5, 5.41) is 3.64. The predicted octanol–water partition coefficient (Wildman–Crippen LogP) is 4.39. The Morgan fingerprint density at radius 1 is 0.912 bits per heavy atom. The van der Waals surface area contributed by atoms with Crippen molar-refractivity contribution >= 4 is 23.2 Å². The number of furan rings is 1. The highest BCUT2D eigenvalue weighted by molar-refractivity contribution is 5.85. The van der Waals surface area contributed by atoms with Crippen molar-refractivity contribution in [3.05, 3.63) is 71.7 Å². The van der Waals surface area contributed by atoms with Crippen molar-refractivity contribution in [3.8, 4) is 0 Å². The van der Waals surface area contributed by atoms with Gasteiger partial charge in [0.05, 0.1) is 18.4 Å². The predicted molar refractivity (Wildman–Crippen MR) is 136 cm³/mol. The van der Waals surface area contributed by atoms with E-state index < -0.39 is 0 Å². The second kappa shape index (κ2) is 9.50. The molecule has 0 radical (unpaired) electrons. The second-order valence-corrected chi connectivity index (χ2v) is 9.37. The molecule has 0 bridgehead atoms. The third-order valence-corrected chi connectivity index (χ3v) is 7.04. The average molecular weight is 457 g/mol. The highest BCUT2D eigenvalue weighted by atomic mass is 16.3. The van der Waals surface area contributed by atoms with E-state index in [0.29, 0.717) is 0 Å². The van der Waals surface area contributed by atoms with E-state index >= 15 is 0 Å². The largest absolute Gasteiger partial charge is 0.468 e. The normalized spacial score (nSPS) is 18.5. The van der Waals surface area contributed by atoms with Gasteiger partial charge in [-0.05, 0) is 42.5 Å². The first-order chi connectivity index (χ1) is 16.8. The molecular weight excluding hydrogens is 424 g/mol. The molecule has 176 valence electrons. The minimum absolute atomic E-state index is 0.846. The van der Waals surface area contributed by atoms with E-state index in [4.69, 9.17) is 14.4 Å². The summed E-state index contributed by atoms with van der Waals surface area (Å²) in [5.41, 5.74) is 3.92. The first-order valence-corrected chi connectivity index (χ1v) is 12.5. The quantitative estimate of drug-likeness (QED) is 0.611. The lowest BCUT2D eigenvalue weighted by Crippen LogP contribution is -2.46. The fourth-order valence-corrected chi connectivity index (χ4v) is 5.19. The van der Waals surface area contributed by atoms with Gasteiger partial charge in [0.25, 0.3) is 0 Å². The molecule has 2 aromatic heterocycles. The van der Waals surface area contributed by atoms with E-state index in [-0.39, 0.29) is 0 Å². The number of nitrogens with zero attached hydrogens (tertiary/aromatic N) is 5. The first-order valence-electron chi connectivity index (χ1n) is 12.5. The zero-order valence-corrected chi connectivity index (χ0v) is 19.6. The molecular formula is C27H32N6O. The third-order valence-electron chi connectivity index (χ3n) is 7.04. The van der Waals surface area contributed by atoms with Crippen molar-refractivity contribution in [2.24, 2.45) is 0 Å². The topological polar surface area (TPSA) is 60.7 Å². The van der Waals surface area contributed by atoms with E-state index in [0.717, 1.165) is 95.0 Å². The molecule has 5 heterocycles. The Balaban J connectivity index is 1.28. The number of hydrogen-bond donors (Lipinski definition) is 1. The molecule has 0 saturated carbocycles. The third kappa shape index (κ3) is 4.40. The molecule has 0 spiro atoms. The maximum atomic E-state index is 5.54. The number of piperazine rings is 1. The molecule has 34 heavy (non-hydrogen) atoms. The number of anilines is 3. The number of allylic oxidation sites excluding steroid dienone is 1. The van der Waals surface area contributed by atoms with Crippen LogP contribution in [0.25, 0.3) is 5.57 Å². The van der Waals surface area contributed by atoms with Gasteiger partial charge in [0.2, 0.25) is 5.95 Å². The lowest BCUT2D eigenvalue weighted by molar-refractivity contribution is 0.229. The average Bonchev–Trinajstić information content (AvgIpc) is 3.37. The molecule has 0 amide bonds. The van der Waals surface area contributed by atoms with E-state index in [1.807, 2.05) is 12.1 Å². The highest BCUT2D eigenvalue weighted by Gasteiger charge is 2.29. The molecule has 0 unspecified atom stereocenters. The maximum absolute atomic E-state index is 5.54. The van der Waals surface area contributed by atoms with Gasteiger partial charge in [0, 0.05) is 45.8 Å². The van der Waals surface area contributed by atoms with Gasteiger partial charge in [0.1, 0.15) is 17.4 Å². The van der Waals surface area contributed by atoms with Crippen LogP contribution in [0.5, 0.6) is 0 Å². The summed E-state index contributed by atoms with van der Waals surface area (Å²) < 4.78 is 5.54. The van der Waals surface area contributed by atoms with Gasteiger partial charge < -0.3 is 19.5 Å². The molecule has 3 aliphatic rings. The van der Waals surface area contributed by atoms with Crippen molar-refractivity contribution in [1.29, 1.82) is 0 Å². The Morgan fingerprint density at radius 3 is 2.62 bits per heavy atom. The minimum atomic E-state index is 0.846. The number of rotatable bonds is 5. The molecule has 1 N–H and O–H groups in total. The van der Waals surface area contributed by atoms with Crippen molar-refractivity contribution < 1.29 is 4.42 Å². The van der Waals surface area contributed by atoms with Crippen LogP contribution in [0.1, 0.15) is 36.1 Å². The van der Waals surface area contributed by atoms with Gasteiger partial charge in [-0.25, -0.2) is 0 Å². The molecule has 7 heteroatoms. The van der Waals surface area contributed by atoms with Gasteiger partial charge in [-0.15, -0.1) is 0 Å². The van der Waals surface area contributed by atoms with Crippen LogP contribution in [-0.4, -0.2) is 54.1 Å². The van der Waals surface area contributed by atoms with Crippen molar-refractivity contribution in [3.63, 3.8) is 0 Å². The first kappa shape index (κ1) is 21.2. The van der Waals surface area contributed by atoms with Gasteiger partial charge in [-0.3, -0.25) is 4.90 Å². The van der Waals surface area contributed by atoms with Gasteiger partial charge in [-0.1, -0.05) is 36.4 Å². The van der Waals surface area contributed by atoms with Crippen LogP contribution in [0.4, 0.5) is 17.6 Å². The highest BCUT2D eigenvalue weighted by Crippen LogP contribution is 2.40. The standard InChI is InChI=1S/C27H32N6O/c1-2-7-21(8-3-1)19-33-13-11-22-9-4-5-12-28-25-24(22)26(33)30-27(29-25)32-16-14-31(15-17-32)20-23-10-6-18-34-23/h1-3,6-10,18H,4-5,11-17,19-20H2,(H,28,29,30). The van der Waals surface area contributed by atoms with Gasteiger partial charge in [-0.2, -0.15) is 9.97 Å². The minimum Gasteiger partial charge on any atom is -0.468 e. The summed E-state index contributed by atoms with van der Waals surface area (Å²) in [6, 6.07) is 14.7. The van der Waals surface area contributed by atoms with Crippen molar-refractivity contribution in [2.45, 2.75) is 32.4 Å². The molecule has 3 aromatic rings. The van der Waals surface area contributed by atoms with Crippen LogP contribution in [0.15, 0.2) is 59.2 Å². The summed E-state index contributed by atoms with van der Waals surface area (Å²) in [4.78, 5) is 17.5. The molecule has 1 aromatic carbocycles. The van der Waals surface area contributed by atoms with Gasteiger partial charge in [0.15, 0.2) is 0 Å². The maximum Gasteiger partial charge on any atom is 0.229 e. The summed E-state index contributed by atoms with van der Waals surface area (Å²) in [6.07, 6.45) is 7.46. The van der Waals surface area contributed by atoms with Crippen LogP contribution in [0, 0.1) is 0 Å². The molecule has 0 aliphatic carbocycles. The number of aromatic nitrogens is 2. The van der Waals surface area contributed by atoms with E-state index in [9.17, 15) is 0 Å². The van der Waals surface area contributed by atoms with Crippen LogP contribution in [0.3, 0.4) is 0 Å². The van der Waals surface area contributed by atoms with Crippen LogP contribution >= 0.6 is 0 Å². The van der Waals surface area contributed by atoms with Crippen molar-refractivity contribution in [1.82, 2.24) is 14.9 Å². The Bertz CT molecular complexity index is 1140. The summed E-state index contributed by atoms with van der Waals surface area (Å²) in [6.45, 7) is 7.45. The zero-order chi connectivity index (χ0) is 22.7. The molecule has 1 saturated heterocycles. The van der Waals surface area contributed by atoms with Crippen LogP contribution in [-0.2, 0) is 13.1 Å². The SMILES string of the molecule is C1=C2CCN(Cc3ccccc3)c3nc(N4CCN(Cc5ccco5)CC4)nc(c32)NCCC1. The number of hydrogen-bond acceptors (Lipinski definition) is 7. The summed E-state index contributed by atoms with van der Waals surface area (Å²) in [5.74, 6) is 3.95. The fourth-order valence-electron chi connectivity index (χ4n) is 5.19. The smallest absolute Gasteiger partial charge is 0.229 e. The van der Waals surface area contributed by atoms with Crippen molar-refractivity contribution in [2.75, 3.05) is 54.4 Å². The molecule has 1 fully saturated rings. The Labute approximate surface area is 201 Å². The van der Waals surface area contributed by atoms with Crippen LogP contribution < -0.4 is 15.1 Å². The Hall–Kier alpha value is -3.32. The Morgan fingerprint density at radius 2 is 1.79 bits per heavy atom. The molecule has 7 nitrogen and oxygen atoms in total. The van der Waals surface area contributed by atoms with E-state index in [1.54, 1.807) is 6.26 Å². The summed E-state index contributed by atoms with van der Waals surface area (Å²) in [7, 11) is 0. The molecule has 0 atom stereocenters. The van der Waals surface area contributed by atoms with E-state index in [2.05, 4.69) is 56.4 Å². The van der Waals surface area contributed by atoms with Crippen LogP contribution in [0.2, 0.25) is 0 Å². The Kier molecular flexibility index (Phi) is 5.93. The van der Waals surface area contributed by atoms with E-state index in [1.165, 1.54) is 16.7 Å². The lowest BCUT2D eigenvalue weighted by atomic mass is 9.95. The number of benzene rings is 1. The number of nitrogens with one attached hydrogen (secondary N) is 1. The monoisotopic (exact) mass is 456 g/mol. The zero-order valence-electron chi connectivity index (χ0n) is 19.6. The molecule has 6 rings (SSSR count). The summed E-state index contributed by atoms with van der Waals surface area (Å²) >= 11 is 0. The molecule has 3 aliphatic heterocycles.